The lowest BCUT2D eigenvalue weighted by molar-refractivity contribution is 0.122. The van der Waals surface area contributed by atoms with Crippen LogP contribution >= 0.6 is 0 Å². The summed E-state index contributed by atoms with van der Waals surface area (Å²) in [5.74, 6) is 1.01. The van der Waals surface area contributed by atoms with E-state index in [4.69, 9.17) is 9.47 Å². The molecule has 0 amide bonds. The Morgan fingerprint density at radius 1 is 1.14 bits per heavy atom. The first-order chi connectivity index (χ1) is 10.9. The summed E-state index contributed by atoms with van der Waals surface area (Å²) in [6, 6.07) is 6.57. The third-order valence-electron chi connectivity index (χ3n) is 4.55. The van der Waals surface area contributed by atoms with Gasteiger partial charge in [0.15, 0.2) is 0 Å². The van der Waals surface area contributed by atoms with Crippen LogP contribution in [0.3, 0.4) is 0 Å². The molecule has 5 heteroatoms. The average molecular weight is 305 g/mol. The second-order valence-electron chi connectivity index (χ2n) is 5.94. The highest BCUT2D eigenvalue weighted by molar-refractivity contribution is 5.53. The van der Waals surface area contributed by atoms with Gasteiger partial charge in [-0.15, -0.1) is 0 Å². The molecule has 0 atom stereocenters. The van der Waals surface area contributed by atoms with Crippen LogP contribution in [0.2, 0.25) is 0 Å². The van der Waals surface area contributed by atoms with Gasteiger partial charge < -0.3 is 24.6 Å². The smallest absolute Gasteiger partial charge is 0.122 e. The standard InChI is InChI=1S/C17H27N3O2/c1-21-17-3-2-16(20-10-12-22-13-11-20)14-15(17)4-7-19-8-5-18-6-9-19/h2-3,14,18H,4-13H2,1H3. The minimum Gasteiger partial charge on any atom is -0.496 e. The molecule has 0 spiro atoms. The maximum atomic E-state index is 5.55. The molecule has 0 radical (unpaired) electrons. The van der Waals surface area contributed by atoms with Crippen molar-refractivity contribution in [2.24, 2.45) is 0 Å². The van der Waals surface area contributed by atoms with Gasteiger partial charge in [0.2, 0.25) is 0 Å². The van der Waals surface area contributed by atoms with Crippen LogP contribution in [0.15, 0.2) is 18.2 Å². The minimum absolute atomic E-state index is 0.822. The number of methoxy groups -OCH3 is 1. The molecule has 1 N–H and O–H groups in total. The highest BCUT2D eigenvalue weighted by Crippen LogP contribution is 2.26. The Morgan fingerprint density at radius 3 is 2.64 bits per heavy atom. The number of benzene rings is 1. The highest BCUT2D eigenvalue weighted by atomic mass is 16.5. The fourth-order valence-corrected chi connectivity index (χ4v) is 3.19. The molecule has 0 unspecified atom stereocenters. The summed E-state index contributed by atoms with van der Waals surface area (Å²) in [5.41, 5.74) is 2.60. The van der Waals surface area contributed by atoms with Gasteiger partial charge in [0.25, 0.3) is 0 Å². The van der Waals surface area contributed by atoms with Crippen molar-refractivity contribution < 1.29 is 9.47 Å². The molecule has 0 aromatic heterocycles. The number of morpholine rings is 1. The molecule has 0 saturated carbocycles. The highest BCUT2D eigenvalue weighted by Gasteiger charge is 2.15. The van der Waals surface area contributed by atoms with Crippen LogP contribution in [0.4, 0.5) is 5.69 Å². The van der Waals surface area contributed by atoms with E-state index >= 15 is 0 Å². The molecule has 2 aliphatic heterocycles. The van der Waals surface area contributed by atoms with Crippen molar-refractivity contribution in [2.75, 3.05) is 71.0 Å². The Balaban J connectivity index is 1.67. The van der Waals surface area contributed by atoms with Crippen molar-refractivity contribution in [3.63, 3.8) is 0 Å². The third kappa shape index (κ3) is 3.91. The molecule has 5 nitrogen and oxygen atoms in total. The van der Waals surface area contributed by atoms with Crippen molar-refractivity contribution >= 4 is 5.69 Å². The molecule has 2 fully saturated rings. The van der Waals surface area contributed by atoms with Gasteiger partial charge in [-0.05, 0) is 30.2 Å². The van der Waals surface area contributed by atoms with Crippen LogP contribution in [-0.2, 0) is 11.2 Å². The molecule has 0 aliphatic carbocycles. The molecular weight excluding hydrogens is 278 g/mol. The third-order valence-corrected chi connectivity index (χ3v) is 4.55. The van der Waals surface area contributed by atoms with Crippen LogP contribution in [0, 0.1) is 0 Å². The quantitative estimate of drug-likeness (QED) is 0.878. The zero-order valence-corrected chi connectivity index (χ0v) is 13.5. The molecule has 122 valence electrons. The van der Waals surface area contributed by atoms with Crippen LogP contribution in [-0.4, -0.2) is 71.0 Å². The number of ether oxygens (including phenoxy) is 2. The lowest BCUT2D eigenvalue weighted by Crippen LogP contribution is -2.44. The van der Waals surface area contributed by atoms with Crippen LogP contribution in [0.5, 0.6) is 5.75 Å². The number of nitrogens with zero attached hydrogens (tertiary/aromatic N) is 2. The Hall–Kier alpha value is -1.30. The maximum Gasteiger partial charge on any atom is 0.122 e. The van der Waals surface area contributed by atoms with Crippen molar-refractivity contribution in [3.8, 4) is 5.75 Å². The van der Waals surface area contributed by atoms with Crippen molar-refractivity contribution in [1.82, 2.24) is 10.2 Å². The molecule has 2 heterocycles. The zero-order valence-electron chi connectivity index (χ0n) is 13.5. The molecule has 2 aliphatic rings. The number of hydrogen-bond acceptors (Lipinski definition) is 5. The number of anilines is 1. The molecule has 1 aromatic carbocycles. The monoisotopic (exact) mass is 305 g/mol. The molecule has 0 bridgehead atoms. The van der Waals surface area contributed by atoms with Crippen LogP contribution < -0.4 is 15.0 Å². The Morgan fingerprint density at radius 2 is 1.91 bits per heavy atom. The maximum absolute atomic E-state index is 5.55. The first-order valence-electron chi connectivity index (χ1n) is 8.29. The second-order valence-corrected chi connectivity index (χ2v) is 5.94. The first kappa shape index (κ1) is 15.6. The van der Waals surface area contributed by atoms with Gasteiger partial charge >= 0.3 is 0 Å². The SMILES string of the molecule is COc1ccc(N2CCOCC2)cc1CCN1CCNCC1. The van der Waals surface area contributed by atoms with Gasteiger partial charge in [-0.1, -0.05) is 0 Å². The summed E-state index contributed by atoms with van der Waals surface area (Å²) in [6.45, 7) is 9.19. The van der Waals surface area contributed by atoms with E-state index in [1.54, 1.807) is 7.11 Å². The largest absolute Gasteiger partial charge is 0.496 e. The van der Waals surface area contributed by atoms with E-state index in [9.17, 15) is 0 Å². The van der Waals surface area contributed by atoms with E-state index in [-0.39, 0.29) is 0 Å². The predicted octanol–water partition coefficient (Wildman–Crippen LogP) is 0.980. The Bertz CT molecular complexity index is 469. The molecule has 3 rings (SSSR count). The summed E-state index contributed by atoms with van der Waals surface area (Å²) in [5, 5.41) is 3.40. The summed E-state index contributed by atoms with van der Waals surface area (Å²) >= 11 is 0. The van der Waals surface area contributed by atoms with Gasteiger partial charge in [0.05, 0.1) is 20.3 Å². The van der Waals surface area contributed by atoms with Crippen LogP contribution in [0.25, 0.3) is 0 Å². The lowest BCUT2D eigenvalue weighted by atomic mass is 10.1. The summed E-state index contributed by atoms with van der Waals surface area (Å²) < 4.78 is 11.0. The lowest BCUT2D eigenvalue weighted by Gasteiger charge is -2.30. The average Bonchev–Trinajstić information content (AvgIpc) is 2.61. The van der Waals surface area contributed by atoms with Gasteiger partial charge in [0, 0.05) is 51.5 Å². The summed E-state index contributed by atoms with van der Waals surface area (Å²) in [6.07, 6.45) is 1.04. The minimum atomic E-state index is 0.822. The molecule has 1 aromatic rings. The summed E-state index contributed by atoms with van der Waals surface area (Å²) in [7, 11) is 1.76. The van der Waals surface area contributed by atoms with E-state index < -0.39 is 0 Å². The number of piperazine rings is 1. The van der Waals surface area contributed by atoms with E-state index in [1.165, 1.54) is 11.3 Å². The first-order valence-corrected chi connectivity index (χ1v) is 8.29. The topological polar surface area (TPSA) is 37.0 Å². The second kappa shape index (κ2) is 7.81. The molecule has 2 saturated heterocycles. The summed E-state index contributed by atoms with van der Waals surface area (Å²) in [4.78, 5) is 4.93. The van der Waals surface area contributed by atoms with E-state index in [0.29, 0.717) is 0 Å². The van der Waals surface area contributed by atoms with Gasteiger partial charge in [-0.2, -0.15) is 0 Å². The van der Waals surface area contributed by atoms with E-state index in [1.807, 2.05) is 0 Å². The van der Waals surface area contributed by atoms with Crippen LogP contribution in [0.1, 0.15) is 5.56 Å². The van der Waals surface area contributed by atoms with Crippen molar-refractivity contribution in [3.05, 3.63) is 23.8 Å². The zero-order chi connectivity index (χ0) is 15.2. The Kier molecular flexibility index (Phi) is 5.53. The van der Waals surface area contributed by atoms with Gasteiger partial charge in [0.1, 0.15) is 5.75 Å². The van der Waals surface area contributed by atoms with Crippen molar-refractivity contribution in [2.45, 2.75) is 6.42 Å². The number of hydrogen-bond donors (Lipinski definition) is 1. The van der Waals surface area contributed by atoms with Gasteiger partial charge in [-0.25, -0.2) is 0 Å². The van der Waals surface area contributed by atoms with E-state index in [2.05, 4.69) is 33.3 Å². The number of rotatable bonds is 5. The Labute approximate surface area is 133 Å². The normalized spacial score (nSPS) is 20.1. The van der Waals surface area contributed by atoms with E-state index in [0.717, 1.165) is 71.2 Å². The number of nitrogens with one attached hydrogen (secondary N) is 1. The molecular formula is C17H27N3O2. The molecule has 22 heavy (non-hydrogen) atoms. The fraction of sp³-hybridized carbons (Fsp3) is 0.647. The fourth-order valence-electron chi connectivity index (χ4n) is 3.19. The van der Waals surface area contributed by atoms with Crippen molar-refractivity contribution in [1.29, 1.82) is 0 Å². The van der Waals surface area contributed by atoms with Gasteiger partial charge in [-0.3, -0.25) is 0 Å². The predicted molar refractivity (Wildman–Crippen MR) is 89.0 cm³/mol.